The zero-order valence-electron chi connectivity index (χ0n) is 25.2. The summed E-state index contributed by atoms with van der Waals surface area (Å²) in [5, 5.41) is 18.9. The summed E-state index contributed by atoms with van der Waals surface area (Å²) in [5.74, 6) is 1.04. The second kappa shape index (κ2) is 16.2. The first-order valence-corrected chi connectivity index (χ1v) is 16.5. The summed E-state index contributed by atoms with van der Waals surface area (Å²) in [5.41, 5.74) is 4.62. The van der Waals surface area contributed by atoms with Crippen LogP contribution in [0.1, 0.15) is 35.7 Å². The molecule has 236 valence electrons. The van der Waals surface area contributed by atoms with E-state index in [1.165, 1.54) is 12.3 Å². The summed E-state index contributed by atoms with van der Waals surface area (Å²) in [6, 6.07) is 16.5. The Hall–Kier alpha value is -4.20. The van der Waals surface area contributed by atoms with Gasteiger partial charge < -0.3 is 25.0 Å². The minimum atomic E-state index is -0.598. The maximum atomic E-state index is 14.8. The van der Waals surface area contributed by atoms with Crippen LogP contribution in [-0.2, 0) is 34.7 Å². The molecule has 1 amide bonds. The Morgan fingerprint density at radius 2 is 1.93 bits per heavy atom. The number of anilines is 4. The van der Waals surface area contributed by atoms with Gasteiger partial charge in [0.05, 0.1) is 30.9 Å². The van der Waals surface area contributed by atoms with E-state index >= 15 is 0 Å². The van der Waals surface area contributed by atoms with E-state index in [1.807, 2.05) is 24.3 Å². The van der Waals surface area contributed by atoms with Crippen molar-refractivity contribution in [2.45, 2.75) is 43.5 Å². The van der Waals surface area contributed by atoms with Gasteiger partial charge in [0, 0.05) is 49.4 Å². The molecule has 5 rings (SSSR count). The number of rotatable bonds is 13. The highest BCUT2D eigenvalue weighted by atomic mass is 32.2. The van der Waals surface area contributed by atoms with Crippen molar-refractivity contribution in [1.82, 2.24) is 15.2 Å². The number of benzene rings is 2. The highest BCUT2D eigenvalue weighted by molar-refractivity contribution is 8.00. The number of aryl methyl sites for hydroxylation is 1. The average molecular weight is 650 g/mol. The zero-order chi connectivity index (χ0) is 31.4. The molecule has 1 aliphatic rings. The lowest BCUT2D eigenvalue weighted by Crippen LogP contribution is -2.36. The smallest absolute Gasteiger partial charge is 0.416 e. The van der Waals surface area contributed by atoms with Gasteiger partial charge in [0.15, 0.2) is 4.34 Å². The van der Waals surface area contributed by atoms with Crippen LogP contribution >= 0.6 is 23.1 Å². The van der Waals surface area contributed by atoms with Crippen LogP contribution in [0.15, 0.2) is 71.3 Å². The largest absolute Gasteiger partial charge is 0.418 e. The molecule has 1 aliphatic heterocycles. The predicted octanol–water partition coefficient (Wildman–Crippen LogP) is 7.07. The van der Waals surface area contributed by atoms with E-state index in [0.717, 1.165) is 57.2 Å². The summed E-state index contributed by atoms with van der Waals surface area (Å²) in [4.78, 5) is 19.2. The Balaban J connectivity index is 1.26. The van der Waals surface area contributed by atoms with Gasteiger partial charge in [-0.05, 0) is 48.7 Å². The minimum absolute atomic E-state index is 0.298. The van der Waals surface area contributed by atoms with Gasteiger partial charge in [-0.25, -0.2) is 14.2 Å². The van der Waals surface area contributed by atoms with Crippen molar-refractivity contribution in [2.24, 2.45) is 0 Å². The monoisotopic (exact) mass is 649 g/mol. The van der Waals surface area contributed by atoms with Crippen LogP contribution in [0, 0.1) is 5.82 Å². The number of amides is 1. The number of hydrogen-bond acceptors (Lipinski definition) is 11. The van der Waals surface area contributed by atoms with E-state index in [2.05, 4.69) is 44.0 Å². The normalized spacial score (nSPS) is 13.2. The summed E-state index contributed by atoms with van der Waals surface area (Å²) in [7, 11) is 0. The number of para-hydroxylation sites is 1. The zero-order valence-corrected chi connectivity index (χ0v) is 26.8. The maximum absolute atomic E-state index is 14.8. The first-order valence-electron chi connectivity index (χ1n) is 14.7. The van der Waals surface area contributed by atoms with E-state index in [4.69, 9.17) is 14.5 Å². The highest BCUT2D eigenvalue weighted by Gasteiger charge is 2.15. The van der Waals surface area contributed by atoms with Crippen molar-refractivity contribution in [3.8, 4) is 0 Å². The predicted molar refractivity (Wildman–Crippen MR) is 179 cm³/mol. The molecule has 0 atom stereocenters. The number of pyridine rings is 1. The average Bonchev–Trinajstić information content (AvgIpc) is 3.54. The molecular weight excluding hydrogens is 614 g/mol. The fraction of sp³-hybridized carbons (Fsp3) is 0.312. The van der Waals surface area contributed by atoms with E-state index in [9.17, 15) is 9.18 Å². The van der Waals surface area contributed by atoms with E-state index in [0.29, 0.717) is 43.4 Å². The lowest BCUT2D eigenvalue weighted by Gasteiger charge is -2.29. The summed E-state index contributed by atoms with van der Waals surface area (Å²) < 4.78 is 26.3. The molecule has 0 aliphatic carbocycles. The Bertz CT molecular complexity index is 1610. The number of allylic oxidation sites excluding steroid dienone is 1. The molecule has 0 bridgehead atoms. The fourth-order valence-corrected chi connectivity index (χ4v) is 6.31. The van der Waals surface area contributed by atoms with Crippen molar-refractivity contribution < 1.29 is 18.7 Å². The van der Waals surface area contributed by atoms with Crippen LogP contribution in [-0.4, -0.2) is 47.6 Å². The van der Waals surface area contributed by atoms with E-state index < -0.39 is 6.09 Å². The van der Waals surface area contributed by atoms with Gasteiger partial charge in [-0.15, -0.1) is 10.2 Å². The van der Waals surface area contributed by atoms with Gasteiger partial charge in [-0.3, -0.25) is 5.32 Å². The number of morpholine rings is 1. The van der Waals surface area contributed by atoms with Crippen molar-refractivity contribution in [2.75, 3.05) is 47.2 Å². The van der Waals surface area contributed by atoms with E-state index in [-0.39, 0.29) is 5.82 Å². The van der Waals surface area contributed by atoms with Crippen LogP contribution < -0.4 is 20.9 Å². The Morgan fingerprint density at radius 3 is 2.73 bits per heavy atom. The quantitative estimate of drug-likeness (QED) is 0.103. The number of nitrogens with one attached hydrogen (secondary N) is 3. The minimum Gasteiger partial charge on any atom is -0.418 e. The maximum Gasteiger partial charge on any atom is 0.416 e. The number of carbonyl (C=O) groups is 1. The first-order chi connectivity index (χ1) is 22.0. The molecule has 4 aromatic rings. The SMILES string of the molecule is CC=COC(=O)Nc1ccccc1CNc1cc(CNc2cc(N3CCOCC3)cc(CSc3nnc(CC)s3)n2)ccc1F. The van der Waals surface area contributed by atoms with Crippen molar-refractivity contribution in [3.63, 3.8) is 0 Å². The van der Waals surface area contributed by atoms with Gasteiger partial charge in [0.2, 0.25) is 0 Å². The molecule has 1 fully saturated rings. The number of hydrogen-bond donors (Lipinski definition) is 3. The van der Waals surface area contributed by atoms with Gasteiger partial charge >= 0.3 is 6.09 Å². The molecule has 1 saturated heterocycles. The molecule has 2 aromatic carbocycles. The third-order valence-electron chi connectivity index (χ3n) is 6.87. The standard InChI is InChI=1S/C32H36FN7O3S2/c1-3-13-43-31(41)37-27-8-6-5-7-23(27)20-34-28-16-22(9-10-26(28)33)19-35-29-18-25(40-11-14-42-15-12-40)17-24(36-29)21-44-32-39-38-30(4-2)45-32/h3,5-10,13,16-18,34H,4,11-12,14-15,19-21H2,1-2H3,(H,35,36)(H,37,41). The molecule has 0 radical (unpaired) electrons. The van der Waals surface area contributed by atoms with Crippen LogP contribution in [0.2, 0.25) is 0 Å². The molecule has 13 heteroatoms. The number of carbonyl (C=O) groups excluding carboxylic acids is 1. The molecule has 45 heavy (non-hydrogen) atoms. The van der Waals surface area contributed by atoms with Crippen molar-refractivity contribution >= 4 is 52.1 Å². The van der Waals surface area contributed by atoms with Gasteiger partial charge in [-0.1, -0.05) is 60.4 Å². The first kappa shape index (κ1) is 32.2. The van der Waals surface area contributed by atoms with Crippen LogP contribution in [0.5, 0.6) is 0 Å². The molecule has 0 spiro atoms. The van der Waals surface area contributed by atoms with E-state index in [1.54, 1.807) is 54.3 Å². The third-order valence-corrected chi connectivity index (χ3v) is 9.11. The third kappa shape index (κ3) is 9.40. The second-order valence-corrected chi connectivity index (χ2v) is 12.4. The summed E-state index contributed by atoms with van der Waals surface area (Å²) in [6.07, 6.45) is 3.20. The number of ether oxygens (including phenoxy) is 2. The lowest BCUT2D eigenvalue weighted by molar-refractivity contribution is 0.122. The highest BCUT2D eigenvalue weighted by Crippen LogP contribution is 2.29. The van der Waals surface area contributed by atoms with Gasteiger partial charge in [0.25, 0.3) is 0 Å². The van der Waals surface area contributed by atoms with Gasteiger partial charge in [-0.2, -0.15) is 0 Å². The lowest BCUT2D eigenvalue weighted by atomic mass is 10.1. The summed E-state index contributed by atoms with van der Waals surface area (Å²) >= 11 is 3.25. The van der Waals surface area contributed by atoms with Crippen molar-refractivity contribution in [3.05, 3.63) is 94.6 Å². The summed E-state index contributed by atoms with van der Waals surface area (Å²) in [6.45, 7) is 7.58. The molecule has 10 nitrogen and oxygen atoms in total. The van der Waals surface area contributed by atoms with Crippen LogP contribution in [0.4, 0.5) is 32.1 Å². The number of aromatic nitrogens is 3. The van der Waals surface area contributed by atoms with Crippen molar-refractivity contribution in [1.29, 1.82) is 0 Å². The molecular formula is C32H36FN7O3S2. The topological polar surface area (TPSA) is 114 Å². The van der Waals surface area contributed by atoms with Crippen LogP contribution in [0.3, 0.4) is 0 Å². The molecule has 3 heterocycles. The number of halogens is 1. The van der Waals surface area contributed by atoms with Gasteiger partial charge in [0.1, 0.15) is 16.6 Å². The Labute approximate surface area is 270 Å². The fourth-order valence-electron chi connectivity index (χ4n) is 4.58. The van der Waals surface area contributed by atoms with Crippen LogP contribution in [0.25, 0.3) is 0 Å². The number of thioether (sulfide) groups is 1. The molecule has 2 aromatic heterocycles. The second-order valence-electron chi connectivity index (χ2n) is 10.1. The molecule has 3 N–H and O–H groups in total. The Morgan fingerprint density at radius 1 is 1.09 bits per heavy atom. The number of nitrogens with zero attached hydrogens (tertiary/aromatic N) is 4. The molecule has 0 saturated carbocycles. The molecule has 0 unspecified atom stereocenters. The Kier molecular flexibility index (Phi) is 11.6.